The average Bonchev–Trinajstić information content (AvgIpc) is 3.43. The highest BCUT2D eigenvalue weighted by Crippen LogP contribution is 2.46. The van der Waals surface area contributed by atoms with Crippen LogP contribution in [0.15, 0.2) is 207 Å². The molecule has 0 aliphatic carbocycles. The van der Waals surface area contributed by atoms with Crippen LogP contribution in [0.2, 0.25) is 0 Å². The SMILES string of the molecule is [B]C(O)(c1ccc(-c2ccc(F)cc2F)nc1)C(O)(O)c1cc(-c2cc(F)ccc2-c2cnc(-c3ccccc3)cc2-c2ccc(-c3ccccc3)cc2)cc(C(O)(O)C(O)(O)c2ccc(-c3ccc(F)cc3F)nc2)c1. The zero-order chi connectivity index (χ0) is 54.4. The Morgan fingerprint density at radius 1 is 0.299 bits per heavy atom. The summed E-state index contributed by atoms with van der Waals surface area (Å²) < 4.78 is 72.9. The van der Waals surface area contributed by atoms with Crippen LogP contribution in [0, 0.1) is 29.1 Å². The van der Waals surface area contributed by atoms with Gasteiger partial charge in [0.25, 0.3) is 11.6 Å². The first-order valence-corrected chi connectivity index (χ1v) is 23.6. The van der Waals surface area contributed by atoms with Crippen molar-refractivity contribution in [2.24, 2.45) is 0 Å². The Morgan fingerprint density at radius 2 is 0.740 bits per heavy atom. The first-order valence-electron chi connectivity index (χ1n) is 23.6. The summed E-state index contributed by atoms with van der Waals surface area (Å²) in [6, 6.07) is 44.5. The minimum absolute atomic E-state index is 0.0576. The summed E-state index contributed by atoms with van der Waals surface area (Å²) in [5, 5.41) is 84.1. The molecule has 0 aliphatic heterocycles. The molecule has 3 heterocycles. The van der Waals surface area contributed by atoms with Crippen molar-refractivity contribution < 1.29 is 57.7 Å². The number of nitrogens with zero attached hydrogens (tertiary/aromatic N) is 3. The summed E-state index contributed by atoms with van der Waals surface area (Å²) in [6.07, 6.45) is 3.23. The Kier molecular flexibility index (Phi) is 13.6. The predicted molar refractivity (Wildman–Crippen MR) is 279 cm³/mol. The van der Waals surface area contributed by atoms with Crippen LogP contribution < -0.4 is 0 Å². The van der Waals surface area contributed by atoms with Gasteiger partial charge in [0.05, 0.1) is 17.1 Å². The third-order valence-corrected chi connectivity index (χ3v) is 13.4. The fourth-order valence-electron chi connectivity index (χ4n) is 9.08. The van der Waals surface area contributed by atoms with Gasteiger partial charge in [0, 0.05) is 69.7 Å². The maximum atomic E-state index is 15.9. The van der Waals surface area contributed by atoms with E-state index in [0.717, 1.165) is 102 Å². The molecule has 0 bridgehead atoms. The lowest BCUT2D eigenvalue weighted by atomic mass is 9.67. The van der Waals surface area contributed by atoms with Gasteiger partial charge in [-0.05, 0) is 123 Å². The monoisotopic (exact) mass is 1030 g/mol. The number of benzene rings is 7. The molecule has 0 fully saturated rings. The van der Waals surface area contributed by atoms with Gasteiger partial charge in [-0.2, -0.15) is 0 Å². The molecule has 0 saturated carbocycles. The average molecular weight is 1030 g/mol. The predicted octanol–water partition coefficient (Wildman–Crippen LogP) is 10.4. The number of rotatable bonds is 13. The third kappa shape index (κ3) is 9.82. The number of hydrogen-bond acceptors (Lipinski definition) is 10. The first-order chi connectivity index (χ1) is 36.7. The van der Waals surface area contributed by atoms with E-state index < -0.39 is 74.2 Å². The molecular weight excluding hydrogens is 992 g/mol. The molecule has 0 spiro atoms. The molecule has 1 atom stereocenters. The van der Waals surface area contributed by atoms with Crippen LogP contribution in [-0.4, -0.2) is 58.5 Å². The van der Waals surface area contributed by atoms with Crippen LogP contribution in [0.1, 0.15) is 22.3 Å². The van der Waals surface area contributed by atoms with Crippen LogP contribution in [-0.2, 0) is 22.9 Å². The van der Waals surface area contributed by atoms with E-state index in [4.69, 9.17) is 12.8 Å². The van der Waals surface area contributed by atoms with E-state index in [0.29, 0.717) is 40.6 Å². The molecule has 1 unspecified atom stereocenters. The molecule has 7 N–H and O–H groups in total. The maximum absolute atomic E-state index is 15.9. The highest BCUT2D eigenvalue weighted by molar-refractivity contribution is 6.15. The summed E-state index contributed by atoms with van der Waals surface area (Å²) in [5.41, 5.74) is -1.88. The Balaban J connectivity index is 1.14. The Morgan fingerprint density at radius 3 is 1.27 bits per heavy atom. The van der Waals surface area contributed by atoms with Crippen molar-refractivity contribution in [2.45, 2.75) is 22.9 Å². The fraction of sp³-hybridized carbons (Fsp3) is 0.0656. The topological polar surface area (TPSA) is 180 Å². The number of aromatic nitrogens is 3. The zero-order valence-electron chi connectivity index (χ0n) is 40.1. The highest BCUT2D eigenvalue weighted by atomic mass is 19.1. The summed E-state index contributed by atoms with van der Waals surface area (Å²) in [5.74, 6) is -15.9. The maximum Gasteiger partial charge on any atom is 0.252 e. The largest absolute Gasteiger partial charge is 0.389 e. The molecule has 16 heteroatoms. The van der Waals surface area contributed by atoms with Gasteiger partial charge in [-0.15, -0.1) is 0 Å². The van der Waals surface area contributed by atoms with E-state index in [2.05, 4.69) is 9.97 Å². The molecule has 0 aliphatic rings. The van der Waals surface area contributed by atoms with Crippen molar-refractivity contribution >= 4 is 7.85 Å². The number of hydrogen-bond donors (Lipinski definition) is 7. The molecule has 0 amide bonds. The van der Waals surface area contributed by atoms with Gasteiger partial charge < -0.3 is 35.7 Å². The number of halogens is 5. The summed E-state index contributed by atoms with van der Waals surface area (Å²) in [4.78, 5) is 12.9. The lowest BCUT2D eigenvalue weighted by Crippen LogP contribution is -2.51. The van der Waals surface area contributed by atoms with Gasteiger partial charge in [-0.1, -0.05) is 97.1 Å². The van der Waals surface area contributed by atoms with Crippen molar-refractivity contribution in [1.29, 1.82) is 0 Å². The summed E-state index contributed by atoms with van der Waals surface area (Å²) >= 11 is 0. The van der Waals surface area contributed by atoms with Crippen molar-refractivity contribution in [2.75, 3.05) is 0 Å². The first kappa shape index (κ1) is 51.9. The molecule has 380 valence electrons. The van der Waals surface area contributed by atoms with Crippen molar-refractivity contribution in [3.63, 3.8) is 0 Å². The normalized spacial score (nSPS) is 12.8. The molecular formula is C61H41BF5N3O7. The van der Waals surface area contributed by atoms with Gasteiger partial charge >= 0.3 is 0 Å². The van der Waals surface area contributed by atoms with Crippen molar-refractivity contribution in [3.05, 3.63) is 258 Å². The molecule has 0 saturated heterocycles. The van der Waals surface area contributed by atoms with Crippen LogP contribution in [0.25, 0.3) is 78.3 Å². The van der Waals surface area contributed by atoms with Crippen molar-refractivity contribution in [3.8, 4) is 78.3 Å². The van der Waals surface area contributed by atoms with Crippen LogP contribution in [0.3, 0.4) is 0 Å². The fourth-order valence-corrected chi connectivity index (χ4v) is 9.08. The van der Waals surface area contributed by atoms with Crippen molar-refractivity contribution in [1.82, 2.24) is 15.0 Å². The van der Waals surface area contributed by atoms with Gasteiger partial charge in [-0.25, -0.2) is 22.0 Å². The standard InChI is InChI=1S/C61H41BF5N3O7/c62-58(71,40-15-23-55(68-32-40)48-21-18-45(64)29-53(48)66)59(72,73)42-25-39(26-43(27-42)61(76,77)60(74,75)41-16-24-56(69-33-41)49-22-19-46(65)30-54(49)67)50-28-44(63)17-20-47(50)52-34-70-57(38-9-5-2-6-10-38)31-51(52)37-13-11-36(12-14-37)35-7-3-1-4-8-35/h1-34,71-77H. The van der Waals surface area contributed by atoms with E-state index in [-0.39, 0.29) is 39.2 Å². The van der Waals surface area contributed by atoms with Crippen LogP contribution in [0.4, 0.5) is 22.0 Å². The lowest BCUT2D eigenvalue weighted by Gasteiger charge is -2.40. The molecule has 10 aromatic rings. The van der Waals surface area contributed by atoms with E-state index in [1.807, 2.05) is 91.0 Å². The second-order valence-electron chi connectivity index (χ2n) is 18.3. The van der Waals surface area contributed by atoms with E-state index in [1.165, 1.54) is 6.07 Å². The second kappa shape index (κ2) is 20.2. The molecule has 10 nitrogen and oxygen atoms in total. The molecule has 2 radical (unpaired) electrons. The summed E-state index contributed by atoms with van der Waals surface area (Å²) in [6.45, 7) is 0. The molecule has 7 aromatic carbocycles. The number of aliphatic hydroxyl groups is 7. The van der Waals surface area contributed by atoms with E-state index >= 15 is 4.39 Å². The van der Waals surface area contributed by atoms with Crippen LogP contribution >= 0.6 is 0 Å². The molecule has 10 rings (SSSR count). The van der Waals surface area contributed by atoms with Gasteiger partial charge in [-0.3, -0.25) is 15.0 Å². The zero-order valence-corrected chi connectivity index (χ0v) is 40.1. The third-order valence-electron chi connectivity index (χ3n) is 13.4. The van der Waals surface area contributed by atoms with Gasteiger partial charge in [0.15, 0.2) is 0 Å². The van der Waals surface area contributed by atoms with E-state index in [9.17, 15) is 53.3 Å². The Hall–Kier alpha value is -8.58. The smallest absolute Gasteiger partial charge is 0.252 e. The minimum Gasteiger partial charge on any atom is -0.389 e. The van der Waals surface area contributed by atoms with Gasteiger partial charge in [0.2, 0.25) is 5.79 Å². The number of pyridine rings is 3. The summed E-state index contributed by atoms with van der Waals surface area (Å²) in [7, 11) is 6.38. The highest BCUT2D eigenvalue weighted by Gasteiger charge is 2.53. The van der Waals surface area contributed by atoms with Gasteiger partial charge in [0.1, 0.15) is 42.4 Å². The van der Waals surface area contributed by atoms with Crippen LogP contribution in [0.5, 0.6) is 0 Å². The van der Waals surface area contributed by atoms with E-state index in [1.54, 1.807) is 6.20 Å². The second-order valence-corrected chi connectivity index (χ2v) is 18.3. The Bertz CT molecular complexity index is 3680. The molecule has 77 heavy (non-hydrogen) atoms. The minimum atomic E-state index is -3.88. The quantitative estimate of drug-likeness (QED) is 0.0334. The molecule has 3 aromatic heterocycles. The Labute approximate surface area is 438 Å². The lowest BCUT2D eigenvalue weighted by molar-refractivity contribution is -0.375.